The molecule has 2 aliphatic rings. The van der Waals surface area contributed by atoms with Crippen molar-refractivity contribution in [3.05, 3.63) is 15.0 Å². The molecule has 0 aromatic carbocycles. The van der Waals surface area contributed by atoms with Gasteiger partial charge in [0.05, 0.1) is 5.01 Å². The second-order valence-electron chi connectivity index (χ2n) is 7.66. The second-order valence-corrected chi connectivity index (χ2v) is 9.31. The Morgan fingerprint density at radius 2 is 2.07 bits per heavy atom. The molecule has 162 valence electrons. The van der Waals surface area contributed by atoms with Crippen LogP contribution >= 0.6 is 22.9 Å². The number of rotatable bonds is 10. The van der Waals surface area contributed by atoms with Crippen LogP contribution in [0.4, 0.5) is 0 Å². The molecule has 2 fully saturated rings. The zero-order chi connectivity index (χ0) is 21.1. The molecule has 1 saturated heterocycles. The third kappa shape index (κ3) is 5.87. The number of aliphatic carboxylic acids is 2. The van der Waals surface area contributed by atoms with E-state index in [0.717, 1.165) is 29.3 Å². The number of carboxylic acids is 2. The number of thiazole rings is 1. The van der Waals surface area contributed by atoms with E-state index in [1.54, 1.807) is 5.06 Å². The quantitative estimate of drug-likeness (QED) is 0.390. The van der Waals surface area contributed by atoms with Crippen LogP contribution in [0.1, 0.15) is 29.1 Å². The van der Waals surface area contributed by atoms with Crippen LogP contribution in [0.15, 0.2) is 0 Å². The number of nitrogens with zero attached hydrogens (tertiary/aromatic N) is 2. The van der Waals surface area contributed by atoms with Gasteiger partial charge < -0.3 is 20.6 Å². The summed E-state index contributed by atoms with van der Waals surface area (Å²) in [6.07, 6.45) is -0.596. The van der Waals surface area contributed by atoms with E-state index in [4.69, 9.17) is 21.5 Å². The number of aryl methyl sites for hydroxylation is 1. The Kier molecular flexibility index (Phi) is 7.47. The summed E-state index contributed by atoms with van der Waals surface area (Å²) in [5.41, 5.74) is 0. The molecule has 0 bridgehead atoms. The van der Waals surface area contributed by atoms with Gasteiger partial charge in [0.15, 0.2) is 6.10 Å². The van der Waals surface area contributed by atoms with Gasteiger partial charge in [0.1, 0.15) is 5.15 Å². The number of carbonyl (C=O) groups is 2. The first kappa shape index (κ1) is 22.4. The summed E-state index contributed by atoms with van der Waals surface area (Å²) in [6, 6.07) is -0.127. The van der Waals surface area contributed by atoms with Gasteiger partial charge in [0, 0.05) is 17.5 Å². The Hall–Kier alpha value is -1.30. The molecule has 1 saturated carbocycles. The molecule has 11 heteroatoms. The molecule has 0 radical (unpaired) electrons. The number of hydrogen-bond donors (Lipinski definition) is 4. The minimum absolute atomic E-state index is 0.0799. The summed E-state index contributed by atoms with van der Waals surface area (Å²) in [5, 5.41) is 34.6. The average Bonchev–Trinajstić information content (AvgIpc) is 3.42. The monoisotopic (exact) mass is 447 g/mol. The molecule has 1 aliphatic heterocycles. The fourth-order valence-corrected chi connectivity index (χ4v) is 4.92. The van der Waals surface area contributed by atoms with Crippen LogP contribution in [0.5, 0.6) is 0 Å². The predicted molar refractivity (Wildman–Crippen MR) is 106 cm³/mol. The Morgan fingerprint density at radius 3 is 2.62 bits per heavy atom. The number of hydroxylamine groups is 2. The van der Waals surface area contributed by atoms with Gasteiger partial charge in [-0.3, -0.25) is 4.84 Å². The highest BCUT2D eigenvalue weighted by atomic mass is 35.5. The number of halogens is 1. The first-order valence-corrected chi connectivity index (χ1v) is 10.8. The van der Waals surface area contributed by atoms with E-state index < -0.39 is 24.1 Å². The normalized spacial score (nSPS) is 24.4. The topological polar surface area (TPSA) is 132 Å². The summed E-state index contributed by atoms with van der Waals surface area (Å²) in [5.74, 6) is -2.67. The lowest BCUT2D eigenvalue weighted by molar-refractivity contribution is -0.255. The fourth-order valence-electron chi connectivity index (χ4n) is 3.63. The fraction of sp³-hybridized carbons (Fsp3) is 0.722. The number of aromatic nitrogens is 1. The predicted octanol–water partition coefficient (Wildman–Crippen LogP) is 1.17. The highest BCUT2D eigenvalue weighted by molar-refractivity contribution is 7.12. The van der Waals surface area contributed by atoms with Crippen LogP contribution in [0, 0.1) is 18.8 Å². The minimum Gasteiger partial charge on any atom is -0.479 e. The van der Waals surface area contributed by atoms with Crippen molar-refractivity contribution >= 4 is 34.9 Å². The molecule has 3 rings (SSSR count). The molecule has 0 amide bonds. The number of aliphatic hydroxyl groups is 1. The summed E-state index contributed by atoms with van der Waals surface area (Å²) in [6.45, 7) is 3.83. The van der Waals surface area contributed by atoms with Gasteiger partial charge in [0.25, 0.3) is 0 Å². The maximum atomic E-state index is 11.6. The molecular formula is C18H26ClN3O6S. The maximum Gasteiger partial charge on any atom is 0.338 e. The molecule has 0 spiro atoms. The van der Waals surface area contributed by atoms with Gasteiger partial charge in [-0.25, -0.2) is 14.6 Å². The van der Waals surface area contributed by atoms with E-state index in [-0.39, 0.29) is 12.0 Å². The van der Waals surface area contributed by atoms with Crippen molar-refractivity contribution in [2.75, 3.05) is 19.6 Å². The lowest BCUT2D eigenvalue weighted by Crippen LogP contribution is -2.54. The summed E-state index contributed by atoms with van der Waals surface area (Å²) < 4.78 is 0. The van der Waals surface area contributed by atoms with Crippen molar-refractivity contribution in [2.45, 2.75) is 50.9 Å². The Balaban J connectivity index is 1.79. The highest BCUT2D eigenvalue weighted by Crippen LogP contribution is 2.34. The Morgan fingerprint density at radius 1 is 1.34 bits per heavy atom. The van der Waals surface area contributed by atoms with Crippen LogP contribution in [0.3, 0.4) is 0 Å². The zero-order valence-electron chi connectivity index (χ0n) is 16.1. The Bertz CT molecular complexity index is 743. The van der Waals surface area contributed by atoms with Crippen LogP contribution in [0.2, 0.25) is 5.15 Å². The number of hydrogen-bond acceptors (Lipinski definition) is 8. The standard InChI is InChI=1S/C18H26ClN3O6S/c1-9-21-16(19)13(29-9)6-11-7-20-5-4-12(11)22(8-10-2-3-10)28-15(18(26)27)14(23)17(24)25/h10-12,14-15,20,23H,2-8H2,1H3,(H,24,25)(H,26,27). The van der Waals surface area contributed by atoms with E-state index in [1.807, 2.05) is 6.92 Å². The van der Waals surface area contributed by atoms with E-state index in [9.17, 15) is 19.8 Å². The maximum absolute atomic E-state index is 11.6. The lowest BCUT2D eigenvalue weighted by Gasteiger charge is -2.40. The average molecular weight is 448 g/mol. The van der Waals surface area contributed by atoms with Gasteiger partial charge in [0.2, 0.25) is 6.10 Å². The van der Waals surface area contributed by atoms with Gasteiger partial charge in [-0.2, -0.15) is 5.06 Å². The first-order chi connectivity index (χ1) is 13.8. The smallest absolute Gasteiger partial charge is 0.338 e. The van der Waals surface area contributed by atoms with E-state index in [2.05, 4.69) is 10.3 Å². The van der Waals surface area contributed by atoms with Crippen molar-refractivity contribution < 1.29 is 29.7 Å². The van der Waals surface area contributed by atoms with Crippen LogP contribution in [-0.2, 0) is 20.8 Å². The van der Waals surface area contributed by atoms with E-state index in [1.165, 1.54) is 11.3 Å². The molecule has 2 heterocycles. The van der Waals surface area contributed by atoms with Crippen LogP contribution in [-0.4, -0.2) is 75.2 Å². The second kappa shape index (κ2) is 9.67. The molecule has 9 nitrogen and oxygen atoms in total. The van der Waals surface area contributed by atoms with Crippen LogP contribution in [0.25, 0.3) is 0 Å². The number of aliphatic hydroxyl groups excluding tert-OH is 1. The van der Waals surface area contributed by atoms with Crippen molar-refractivity contribution in [2.24, 2.45) is 11.8 Å². The third-order valence-electron chi connectivity index (χ3n) is 5.31. The first-order valence-electron chi connectivity index (χ1n) is 9.65. The zero-order valence-corrected chi connectivity index (χ0v) is 17.7. The van der Waals surface area contributed by atoms with Gasteiger partial charge in [-0.1, -0.05) is 11.6 Å². The molecular weight excluding hydrogens is 422 g/mol. The molecule has 1 aromatic rings. The summed E-state index contributed by atoms with van der Waals surface area (Å²) in [7, 11) is 0. The van der Waals surface area contributed by atoms with Crippen molar-refractivity contribution in [3.63, 3.8) is 0 Å². The van der Waals surface area contributed by atoms with E-state index in [0.29, 0.717) is 37.0 Å². The largest absolute Gasteiger partial charge is 0.479 e. The number of carboxylic acid groups (broad SMARTS) is 2. The van der Waals surface area contributed by atoms with Gasteiger partial charge in [-0.15, -0.1) is 11.3 Å². The SMILES string of the molecule is Cc1nc(Cl)c(CC2CNCCC2N(CC2CC2)OC(C(=O)O)C(O)C(=O)O)s1. The molecule has 4 atom stereocenters. The minimum atomic E-state index is -2.15. The molecule has 29 heavy (non-hydrogen) atoms. The van der Waals surface area contributed by atoms with Gasteiger partial charge >= 0.3 is 11.9 Å². The summed E-state index contributed by atoms with van der Waals surface area (Å²) in [4.78, 5) is 33.6. The molecule has 4 N–H and O–H groups in total. The number of piperidine rings is 1. The molecule has 1 aliphatic carbocycles. The highest BCUT2D eigenvalue weighted by Gasteiger charge is 2.41. The van der Waals surface area contributed by atoms with Crippen LogP contribution < -0.4 is 5.32 Å². The third-order valence-corrected chi connectivity index (χ3v) is 6.73. The van der Waals surface area contributed by atoms with E-state index >= 15 is 0 Å². The molecule has 1 aromatic heterocycles. The van der Waals surface area contributed by atoms with Crippen molar-refractivity contribution in [1.82, 2.24) is 15.4 Å². The molecule has 4 unspecified atom stereocenters. The van der Waals surface area contributed by atoms with Crippen molar-refractivity contribution in [1.29, 1.82) is 0 Å². The summed E-state index contributed by atoms with van der Waals surface area (Å²) >= 11 is 7.78. The Labute approximate surface area is 177 Å². The van der Waals surface area contributed by atoms with Crippen molar-refractivity contribution in [3.8, 4) is 0 Å². The van der Waals surface area contributed by atoms with Gasteiger partial charge in [-0.05, 0) is 57.5 Å². The number of nitrogens with one attached hydrogen (secondary N) is 1. The lowest BCUT2D eigenvalue weighted by atomic mass is 9.89.